The number of allylic oxidation sites excluding steroid dienone is 1. The molecule has 5 rings (SSSR count). The lowest BCUT2D eigenvalue weighted by molar-refractivity contribution is -0.144. The lowest BCUT2D eigenvalue weighted by Gasteiger charge is -2.47. The molecule has 0 aromatic heterocycles. The van der Waals surface area contributed by atoms with E-state index in [4.69, 9.17) is 9.47 Å². The molecule has 37 heavy (non-hydrogen) atoms. The Bertz CT molecular complexity index is 1280. The summed E-state index contributed by atoms with van der Waals surface area (Å²) in [4.78, 5) is 31.4. The van der Waals surface area contributed by atoms with Crippen molar-refractivity contribution in [2.75, 3.05) is 30.9 Å². The molecule has 3 aliphatic rings. The number of fused-ring (bicyclic) bond motifs is 1. The van der Waals surface area contributed by atoms with Gasteiger partial charge in [-0.2, -0.15) is 0 Å². The smallest absolute Gasteiger partial charge is 0.411 e. The van der Waals surface area contributed by atoms with Gasteiger partial charge in [0.1, 0.15) is 11.8 Å². The number of methoxy groups -OCH3 is 1. The molecule has 7 heteroatoms. The first-order chi connectivity index (χ1) is 17.5. The highest BCUT2D eigenvalue weighted by molar-refractivity contribution is 5.89. The minimum atomic E-state index is -0.646. The SMILES string of the molecule is COC(=O)[C@H]1c2ccccc2N[C@@H]2N(C)c3cccc4c3[C@@]21CCN(C(=O)OC(C)(C)C)[C@@H]4C=C(C)C. The number of hydrogen-bond donors (Lipinski definition) is 1. The average Bonchev–Trinajstić information content (AvgIpc) is 2.99. The normalized spacial score (nSPS) is 25.6. The van der Waals surface area contributed by atoms with Crippen LogP contribution in [-0.2, 0) is 19.7 Å². The van der Waals surface area contributed by atoms with Crippen LogP contribution in [0.15, 0.2) is 54.1 Å². The Labute approximate surface area is 219 Å². The van der Waals surface area contributed by atoms with Gasteiger partial charge in [-0.05, 0) is 69.9 Å². The number of rotatable bonds is 2. The molecular formula is C30H37N3O4. The summed E-state index contributed by atoms with van der Waals surface area (Å²) in [5.74, 6) is -0.796. The van der Waals surface area contributed by atoms with Gasteiger partial charge < -0.3 is 19.7 Å². The van der Waals surface area contributed by atoms with Crippen LogP contribution in [0.5, 0.6) is 0 Å². The molecule has 1 N–H and O–H groups in total. The highest BCUT2D eigenvalue weighted by atomic mass is 16.6. The van der Waals surface area contributed by atoms with Crippen LogP contribution in [0.4, 0.5) is 16.2 Å². The Morgan fingerprint density at radius 3 is 2.46 bits per heavy atom. The summed E-state index contributed by atoms with van der Waals surface area (Å²) in [6, 6.07) is 13.9. The maximum atomic E-state index is 13.7. The zero-order valence-electron chi connectivity index (χ0n) is 22.8. The van der Waals surface area contributed by atoms with Crippen LogP contribution in [-0.4, -0.2) is 49.4 Å². The van der Waals surface area contributed by atoms with E-state index in [1.54, 1.807) is 0 Å². The molecule has 0 saturated heterocycles. The van der Waals surface area contributed by atoms with Crippen LogP contribution in [0.25, 0.3) is 0 Å². The highest BCUT2D eigenvalue weighted by Gasteiger charge is 2.62. The van der Waals surface area contributed by atoms with Gasteiger partial charge in [-0.1, -0.05) is 42.0 Å². The first-order valence-corrected chi connectivity index (χ1v) is 12.9. The molecule has 2 aromatic carbocycles. The van der Waals surface area contributed by atoms with Gasteiger partial charge in [-0.15, -0.1) is 0 Å². The van der Waals surface area contributed by atoms with Crippen LogP contribution < -0.4 is 10.2 Å². The van der Waals surface area contributed by atoms with Gasteiger partial charge in [-0.25, -0.2) is 4.79 Å². The second-order valence-corrected chi connectivity index (χ2v) is 11.6. The largest absolute Gasteiger partial charge is 0.469 e. The number of carbonyl (C=O) groups excluding carboxylic acids is 2. The molecule has 1 spiro atoms. The van der Waals surface area contributed by atoms with E-state index < -0.39 is 16.9 Å². The summed E-state index contributed by atoms with van der Waals surface area (Å²) in [6.45, 7) is 10.2. The fourth-order valence-electron chi connectivity index (χ4n) is 6.55. The zero-order chi connectivity index (χ0) is 26.7. The molecule has 3 heterocycles. The monoisotopic (exact) mass is 503 g/mol. The molecule has 0 aliphatic carbocycles. The zero-order valence-corrected chi connectivity index (χ0v) is 22.8. The minimum absolute atomic E-state index is 0.186. The van der Waals surface area contributed by atoms with Crippen molar-refractivity contribution in [3.05, 3.63) is 70.8 Å². The van der Waals surface area contributed by atoms with E-state index in [1.165, 1.54) is 7.11 Å². The van der Waals surface area contributed by atoms with E-state index in [0.717, 1.165) is 33.6 Å². The second-order valence-electron chi connectivity index (χ2n) is 11.6. The summed E-state index contributed by atoms with van der Waals surface area (Å²) in [5.41, 5.74) is 4.88. The number of amides is 1. The van der Waals surface area contributed by atoms with Crippen LogP contribution in [0.2, 0.25) is 0 Å². The third-order valence-electron chi connectivity index (χ3n) is 7.85. The molecule has 0 radical (unpaired) electrons. The van der Waals surface area contributed by atoms with E-state index in [-0.39, 0.29) is 24.3 Å². The minimum Gasteiger partial charge on any atom is -0.469 e. The van der Waals surface area contributed by atoms with Crippen LogP contribution in [0.1, 0.15) is 69.7 Å². The van der Waals surface area contributed by atoms with Gasteiger partial charge in [0, 0.05) is 25.0 Å². The summed E-state index contributed by atoms with van der Waals surface area (Å²) in [6.07, 6.45) is 2.16. The van der Waals surface area contributed by atoms with Gasteiger partial charge in [-0.3, -0.25) is 9.69 Å². The van der Waals surface area contributed by atoms with Crippen LogP contribution >= 0.6 is 0 Å². The topological polar surface area (TPSA) is 71.1 Å². The van der Waals surface area contributed by atoms with Gasteiger partial charge >= 0.3 is 12.1 Å². The molecule has 0 saturated carbocycles. The number of para-hydroxylation sites is 1. The number of anilines is 2. The van der Waals surface area contributed by atoms with Crippen LogP contribution in [0, 0.1) is 0 Å². The van der Waals surface area contributed by atoms with Gasteiger partial charge in [0.05, 0.1) is 24.5 Å². The highest BCUT2D eigenvalue weighted by Crippen LogP contribution is 2.61. The van der Waals surface area contributed by atoms with Gasteiger partial charge in [0.15, 0.2) is 0 Å². The predicted octanol–water partition coefficient (Wildman–Crippen LogP) is 5.73. The Hall–Kier alpha value is -3.48. The standard InChI is InChI=1S/C30H37N3O4/c1-18(2)17-23-20-12-10-14-22-24(20)30(15-16-33(23)28(35)37-29(3,4)5)25(26(34)36-7)19-11-8-9-13-21(19)31-27(30)32(22)6/h8-14,17,23,25,27,31H,15-16H2,1-7H3/t23-,25-,27-,30-/m1/s1. The second kappa shape index (κ2) is 8.82. The summed E-state index contributed by atoms with van der Waals surface area (Å²) >= 11 is 0. The maximum Gasteiger partial charge on any atom is 0.411 e. The number of hydrogen-bond acceptors (Lipinski definition) is 6. The van der Waals surface area contributed by atoms with E-state index >= 15 is 0 Å². The van der Waals surface area contributed by atoms with Crippen molar-refractivity contribution in [2.45, 2.75) is 70.2 Å². The van der Waals surface area contributed by atoms with Crippen molar-refractivity contribution in [3.63, 3.8) is 0 Å². The predicted molar refractivity (Wildman–Crippen MR) is 145 cm³/mol. The van der Waals surface area contributed by atoms with Crippen molar-refractivity contribution in [3.8, 4) is 0 Å². The lowest BCUT2D eigenvalue weighted by atomic mass is 9.62. The van der Waals surface area contributed by atoms with Crippen molar-refractivity contribution in [1.82, 2.24) is 4.90 Å². The Morgan fingerprint density at radius 1 is 1.08 bits per heavy atom. The summed E-state index contributed by atoms with van der Waals surface area (Å²) in [7, 11) is 3.53. The van der Waals surface area contributed by atoms with Crippen molar-refractivity contribution in [1.29, 1.82) is 0 Å². The molecule has 1 amide bonds. The quantitative estimate of drug-likeness (QED) is 0.417. The summed E-state index contributed by atoms with van der Waals surface area (Å²) < 4.78 is 11.4. The number of nitrogens with one attached hydrogen (secondary N) is 1. The first kappa shape index (κ1) is 25.2. The third kappa shape index (κ3) is 3.87. The van der Waals surface area contributed by atoms with E-state index in [0.29, 0.717) is 13.0 Å². The number of benzene rings is 2. The summed E-state index contributed by atoms with van der Waals surface area (Å²) in [5, 5.41) is 3.75. The van der Waals surface area contributed by atoms with Crippen molar-refractivity contribution < 1.29 is 19.1 Å². The molecule has 2 aromatic rings. The van der Waals surface area contributed by atoms with E-state index in [1.807, 2.05) is 69.9 Å². The average molecular weight is 504 g/mol. The Morgan fingerprint density at radius 2 is 1.78 bits per heavy atom. The van der Waals surface area contributed by atoms with Crippen LogP contribution in [0.3, 0.4) is 0 Å². The third-order valence-corrected chi connectivity index (χ3v) is 7.85. The number of ether oxygens (including phenoxy) is 2. The Kier molecular flexibility index (Phi) is 6.00. The fraction of sp³-hybridized carbons (Fsp3) is 0.467. The molecule has 0 fully saturated rings. The number of esters is 1. The number of carbonyl (C=O) groups is 2. The maximum absolute atomic E-state index is 13.7. The lowest BCUT2D eigenvalue weighted by Crippen LogP contribution is -2.57. The van der Waals surface area contributed by atoms with Crippen molar-refractivity contribution >= 4 is 23.4 Å². The molecule has 7 nitrogen and oxygen atoms in total. The number of likely N-dealkylation sites (N-methyl/N-ethyl adjacent to an activating group) is 1. The molecule has 4 atom stereocenters. The molecular weight excluding hydrogens is 466 g/mol. The first-order valence-electron chi connectivity index (χ1n) is 12.9. The molecule has 3 aliphatic heterocycles. The van der Waals surface area contributed by atoms with Gasteiger partial charge in [0.2, 0.25) is 0 Å². The fourth-order valence-corrected chi connectivity index (χ4v) is 6.55. The van der Waals surface area contributed by atoms with Crippen molar-refractivity contribution in [2.24, 2.45) is 0 Å². The molecule has 0 bridgehead atoms. The van der Waals surface area contributed by atoms with E-state index in [9.17, 15) is 9.59 Å². The Balaban J connectivity index is 1.79. The molecule has 196 valence electrons. The number of nitrogens with zero attached hydrogens (tertiary/aromatic N) is 2. The van der Waals surface area contributed by atoms with E-state index in [2.05, 4.69) is 35.5 Å². The van der Waals surface area contributed by atoms with Gasteiger partial charge in [0.25, 0.3) is 0 Å². The molecule has 0 unspecified atom stereocenters.